The van der Waals surface area contributed by atoms with Crippen molar-refractivity contribution >= 4 is 11.6 Å². The monoisotopic (exact) mass is 430 g/mol. The van der Waals surface area contributed by atoms with E-state index in [0.717, 1.165) is 16.9 Å². The molecule has 3 aliphatic rings. The van der Waals surface area contributed by atoms with Crippen molar-refractivity contribution in [3.05, 3.63) is 29.8 Å². The van der Waals surface area contributed by atoms with E-state index in [4.69, 9.17) is 0 Å². The van der Waals surface area contributed by atoms with Crippen LogP contribution in [0.5, 0.6) is 0 Å². The SMILES string of the molecule is CC1(C)C2CCC(C2)C1CC(=O)N1CC[NH+](c2cccc(C(F)(F)F)c2)CC1.[Cl-]. The van der Waals surface area contributed by atoms with Crippen molar-refractivity contribution in [2.24, 2.45) is 23.2 Å². The van der Waals surface area contributed by atoms with Crippen LogP contribution in [0.2, 0.25) is 0 Å². The van der Waals surface area contributed by atoms with E-state index < -0.39 is 11.7 Å². The minimum atomic E-state index is -4.32. The molecular formula is C22H30ClF3N2O. The molecular weight excluding hydrogens is 401 g/mol. The van der Waals surface area contributed by atoms with E-state index in [2.05, 4.69) is 13.8 Å². The number of rotatable bonds is 3. The zero-order valence-corrected chi connectivity index (χ0v) is 17.8. The molecule has 1 N–H and O–H groups in total. The Labute approximate surface area is 177 Å². The van der Waals surface area contributed by atoms with E-state index >= 15 is 0 Å². The summed E-state index contributed by atoms with van der Waals surface area (Å²) in [5.41, 5.74) is 0.314. The maximum absolute atomic E-state index is 13.0. The summed E-state index contributed by atoms with van der Waals surface area (Å²) in [5, 5.41) is 0. The fraction of sp³-hybridized carbons (Fsp3) is 0.682. The topological polar surface area (TPSA) is 24.8 Å². The van der Waals surface area contributed by atoms with Gasteiger partial charge in [0.15, 0.2) is 0 Å². The molecule has 0 spiro atoms. The number of alkyl halides is 3. The minimum Gasteiger partial charge on any atom is -1.00 e. The summed E-state index contributed by atoms with van der Waals surface area (Å²) in [6.07, 6.45) is 0.160. The van der Waals surface area contributed by atoms with Gasteiger partial charge in [-0.3, -0.25) is 9.69 Å². The van der Waals surface area contributed by atoms with Crippen LogP contribution in [0, 0.1) is 23.2 Å². The molecule has 162 valence electrons. The zero-order valence-electron chi connectivity index (χ0n) is 17.1. The molecule has 1 aromatic carbocycles. The Hall–Kier alpha value is -1.27. The lowest BCUT2D eigenvalue weighted by atomic mass is 9.67. The van der Waals surface area contributed by atoms with Crippen LogP contribution in [0.3, 0.4) is 0 Å². The van der Waals surface area contributed by atoms with Gasteiger partial charge in [-0.1, -0.05) is 19.9 Å². The maximum atomic E-state index is 13.0. The smallest absolute Gasteiger partial charge is 0.416 e. The number of nitrogens with one attached hydrogen (secondary N) is 1. The molecule has 29 heavy (non-hydrogen) atoms. The molecule has 2 bridgehead atoms. The summed E-state index contributed by atoms with van der Waals surface area (Å²) in [7, 11) is 0. The van der Waals surface area contributed by atoms with Gasteiger partial charge in [0.1, 0.15) is 5.69 Å². The molecule has 0 radical (unpaired) electrons. The highest BCUT2D eigenvalue weighted by Crippen LogP contribution is 2.60. The summed E-state index contributed by atoms with van der Waals surface area (Å²) in [4.78, 5) is 15.9. The van der Waals surface area contributed by atoms with Gasteiger partial charge in [-0.15, -0.1) is 0 Å². The second-order valence-corrected chi connectivity index (χ2v) is 9.46. The molecule has 3 fully saturated rings. The molecule has 2 aliphatic carbocycles. The Morgan fingerprint density at radius 2 is 1.90 bits per heavy atom. The molecule has 4 rings (SSSR count). The highest BCUT2D eigenvalue weighted by molar-refractivity contribution is 5.76. The van der Waals surface area contributed by atoms with Gasteiger partial charge in [-0.2, -0.15) is 13.2 Å². The molecule has 3 atom stereocenters. The summed E-state index contributed by atoms with van der Waals surface area (Å²) in [6, 6.07) is 5.57. The number of carbonyl (C=O) groups is 1. The highest BCUT2D eigenvalue weighted by Gasteiger charge is 2.53. The molecule has 0 aromatic heterocycles. The van der Waals surface area contributed by atoms with E-state index in [1.54, 1.807) is 6.07 Å². The fourth-order valence-electron chi connectivity index (χ4n) is 5.94. The van der Waals surface area contributed by atoms with Crippen molar-refractivity contribution in [3.8, 4) is 0 Å². The Kier molecular flexibility index (Phi) is 6.26. The van der Waals surface area contributed by atoms with E-state index in [-0.39, 0.29) is 23.7 Å². The second kappa shape index (κ2) is 8.10. The summed E-state index contributed by atoms with van der Waals surface area (Å²) >= 11 is 0. The number of hydrogen-bond acceptors (Lipinski definition) is 1. The Morgan fingerprint density at radius 3 is 2.48 bits per heavy atom. The quantitative estimate of drug-likeness (QED) is 0.743. The molecule has 3 unspecified atom stereocenters. The van der Waals surface area contributed by atoms with Gasteiger partial charge in [0.25, 0.3) is 0 Å². The van der Waals surface area contributed by atoms with Gasteiger partial charge < -0.3 is 17.3 Å². The van der Waals surface area contributed by atoms with Crippen molar-refractivity contribution in [3.63, 3.8) is 0 Å². The molecule has 7 heteroatoms. The molecule has 1 aromatic rings. The minimum absolute atomic E-state index is 0. The lowest BCUT2D eigenvalue weighted by Crippen LogP contribution is -3.10. The van der Waals surface area contributed by atoms with Crippen LogP contribution in [0.4, 0.5) is 18.9 Å². The van der Waals surface area contributed by atoms with Gasteiger partial charge >= 0.3 is 6.18 Å². The fourth-order valence-corrected chi connectivity index (χ4v) is 5.94. The first-order valence-corrected chi connectivity index (χ1v) is 10.5. The predicted octanol–water partition coefficient (Wildman–Crippen LogP) is 0.530. The average molecular weight is 431 g/mol. The van der Waals surface area contributed by atoms with Crippen molar-refractivity contribution in [2.75, 3.05) is 26.2 Å². The maximum Gasteiger partial charge on any atom is 0.416 e. The highest BCUT2D eigenvalue weighted by atomic mass is 35.5. The van der Waals surface area contributed by atoms with Crippen LogP contribution >= 0.6 is 0 Å². The van der Waals surface area contributed by atoms with Gasteiger partial charge in [-0.25, -0.2) is 0 Å². The number of amides is 1. The van der Waals surface area contributed by atoms with Gasteiger partial charge in [0.2, 0.25) is 5.91 Å². The van der Waals surface area contributed by atoms with Crippen LogP contribution in [0.25, 0.3) is 0 Å². The number of quaternary nitrogens is 1. The largest absolute Gasteiger partial charge is 1.00 e. The Morgan fingerprint density at radius 1 is 1.21 bits per heavy atom. The molecule has 1 heterocycles. The number of nitrogens with zero attached hydrogens (tertiary/aromatic N) is 1. The van der Waals surface area contributed by atoms with E-state index in [0.29, 0.717) is 50.1 Å². The van der Waals surface area contributed by atoms with Crippen molar-refractivity contribution in [1.82, 2.24) is 4.90 Å². The first-order valence-electron chi connectivity index (χ1n) is 10.5. The number of halogens is 4. The van der Waals surface area contributed by atoms with E-state index in [1.165, 1.54) is 31.4 Å². The second-order valence-electron chi connectivity index (χ2n) is 9.46. The Balaban J connectivity index is 0.00000240. The Bertz CT molecular complexity index is 744. The van der Waals surface area contributed by atoms with Gasteiger partial charge in [-0.05, 0) is 54.6 Å². The van der Waals surface area contributed by atoms with Crippen molar-refractivity contribution in [1.29, 1.82) is 0 Å². The van der Waals surface area contributed by atoms with Crippen molar-refractivity contribution < 1.29 is 35.3 Å². The predicted molar refractivity (Wildman–Crippen MR) is 101 cm³/mol. The van der Waals surface area contributed by atoms with Gasteiger partial charge in [0, 0.05) is 12.5 Å². The third-order valence-corrected chi connectivity index (χ3v) is 7.76. The first-order chi connectivity index (χ1) is 13.2. The molecule has 3 nitrogen and oxygen atoms in total. The number of fused-ring (bicyclic) bond motifs is 2. The third-order valence-electron chi connectivity index (χ3n) is 7.76. The first kappa shape index (κ1) is 22.4. The normalized spacial score (nSPS) is 29.0. The molecule has 1 amide bonds. The summed E-state index contributed by atoms with van der Waals surface area (Å²) < 4.78 is 38.9. The number of hydrogen-bond donors (Lipinski definition) is 1. The van der Waals surface area contributed by atoms with Crippen LogP contribution in [-0.4, -0.2) is 37.0 Å². The van der Waals surface area contributed by atoms with E-state index in [1.807, 2.05) is 4.90 Å². The third kappa shape index (κ3) is 4.29. The van der Waals surface area contributed by atoms with Crippen LogP contribution < -0.4 is 17.3 Å². The lowest BCUT2D eigenvalue weighted by molar-refractivity contribution is -0.837. The zero-order chi connectivity index (χ0) is 20.1. The molecule has 1 saturated heterocycles. The number of piperazine rings is 1. The average Bonchev–Trinajstić information content (AvgIpc) is 3.23. The lowest BCUT2D eigenvalue weighted by Gasteiger charge is -2.39. The molecule has 1 aliphatic heterocycles. The standard InChI is InChI=1S/C22H29F3N2O.ClH/c1-21(2)16-7-6-15(12-16)19(21)14-20(28)27-10-8-26(9-11-27)18-5-3-4-17(13-18)22(23,24)25;/h3-5,13,15-16,19H,6-12,14H2,1-2H3;1H. The van der Waals surface area contributed by atoms with Crippen LogP contribution in [0.15, 0.2) is 24.3 Å². The number of benzene rings is 1. The summed E-state index contributed by atoms with van der Waals surface area (Å²) in [5.74, 6) is 2.17. The summed E-state index contributed by atoms with van der Waals surface area (Å²) in [6.45, 7) is 7.20. The molecule has 2 saturated carbocycles. The van der Waals surface area contributed by atoms with Gasteiger partial charge in [0.05, 0.1) is 31.7 Å². The van der Waals surface area contributed by atoms with E-state index in [9.17, 15) is 18.0 Å². The number of carbonyl (C=O) groups excluding carboxylic acids is 1. The van der Waals surface area contributed by atoms with Crippen LogP contribution in [-0.2, 0) is 11.0 Å². The van der Waals surface area contributed by atoms with Crippen molar-refractivity contribution in [2.45, 2.75) is 45.7 Å². The van der Waals surface area contributed by atoms with Crippen LogP contribution in [0.1, 0.15) is 45.1 Å².